The summed E-state index contributed by atoms with van der Waals surface area (Å²) in [5.41, 5.74) is 0. The standard InChI is InChI=1S/C5H9I2N/c6-4-1-2-5(7)8-3-4/h4-5,8H,1-3H2. The van der Waals surface area contributed by atoms with Gasteiger partial charge in [-0.1, -0.05) is 45.2 Å². The summed E-state index contributed by atoms with van der Waals surface area (Å²) in [6.07, 6.45) is 2.73. The lowest BCUT2D eigenvalue weighted by Crippen LogP contribution is -2.35. The van der Waals surface area contributed by atoms with Crippen LogP contribution in [0.4, 0.5) is 0 Å². The highest BCUT2D eigenvalue weighted by Gasteiger charge is 2.14. The van der Waals surface area contributed by atoms with Crippen molar-refractivity contribution in [3.63, 3.8) is 0 Å². The lowest BCUT2D eigenvalue weighted by molar-refractivity contribution is 0.527. The minimum Gasteiger partial charge on any atom is -0.304 e. The fourth-order valence-electron chi connectivity index (χ4n) is 0.787. The van der Waals surface area contributed by atoms with Gasteiger partial charge in [0.25, 0.3) is 0 Å². The summed E-state index contributed by atoms with van der Waals surface area (Å²) in [6, 6.07) is 0. The van der Waals surface area contributed by atoms with Gasteiger partial charge in [-0.05, 0) is 12.8 Å². The third-order valence-electron chi connectivity index (χ3n) is 1.29. The van der Waals surface area contributed by atoms with Crippen LogP contribution in [0, 0.1) is 0 Å². The molecule has 0 amide bonds. The Morgan fingerprint density at radius 3 is 2.38 bits per heavy atom. The molecule has 0 saturated carbocycles. The zero-order valence-corrected chi connectivity index (χ0v) is 8.85. The van der Waals surface area contributed by atoms with Gasteiger partial charge in [-0.15, -0.1) is 0 Å². The highest BCUT2D eigenvalue weighted by molar-refractivity contribution is 14.1. The number of halogens is 2. The molecule has 1 fully saturated rings. The zero-order chi connectivity index (χ0) is 5.98. The molecule has 0 bridgehead atoms. The maximum absolute atomic E-state index is 3.41. The van der Waals surface area contributed by atoms with E-state index in [4.69, 9.17) is 0 Å². The van der Waals surface area contributed by atoms with E-state index >= 15 is 0 Å². The van der Waals surface area contributed by atoms with Crippen molar-refractivity contribution in [1.29, 1.82) is 0 Å². The lowest BCUT2D eigenvalue weighted by atomic mass is 10.2. The zero-order valence-electron chi connectivity index (χ0n) is 4.53. The summed E-state index contributed by atoms with van der Waals surface area (Å²) in [6.45, 7) is 1.20. The van der Waals surface area contributed by atoms with E-state index in [1.165, 1.54) is 19.4 Å². The van der Waals surface area contributed by atoms with E-state index in [2.05, 4.69) is 50.5 Å². The van der Waals surface area contributed by atoms with E-state index < -0.39 is 0 Å². The Hall–Kier alpha value is 1.42. The highest BCUT2D eigenvalue weighted by Crippen LogP contribution is 2.18. The van der Waals surface area contributed by atoms with E-state index in [0.29, 0.717) is 0 Å². The van der Waals surface area contributed by atoms with E-state index in [9.17, 15) is 0 Å². The molecule has 1 nitrogen and oxygen atoms in total. The molecule has 0 aromatic rings. The number of piperidine rings is 1. The number of hydrogen-bond donors (Lipinski definition) is 1. The normalized spacial score (nSPS) is 39.8. The minimum absolute atomic E-state index is 0.735. The molecule has 3 heteroatoms. The first-order valence-corrected chi connectivity index (χ1v) is 5.29. The molecule has 1 N–H and O–H groups in total. The van der Waals surface area contributed by atoms with Crippen LogP contribution in [-0.2, 0) is 0 Å². The predicted octanol–water partition coefficient (Wildman–Crippen LogP) is 1.93. The summed E-state index contributed by atoms with van der Waals surface area (Å²) in [4.78, 5) is 0. The molecule has 2 unspecified atom stereocenters. The van der Waals surface area contributed by atoms with Gasteiger partial charge in [0.05, 0.1) is 4.05 Å². The molecule has 0 spiro atoms. The van der Waals surface area contributed by atoms with Crippen LogP contribution < -0.4 is 5.32 Å². The number of alkyl halides is 2. The van der Waals surface area contributed by atoms with Gasteiger partial charge in [-0.25, -0.2) is 0 Å². The summed E-state index contributed by atoms with van der Waals surface area (Å²) in [5, 5.41) is 3.41. The average Bonchev–Trinajstić information content (AvgIpc) is 1.77. The Labute approximate surface area is 77.3 Å². The van der Waals surface area contributed by atoms with Crippen LogP contribution >= 0.6 is 45.2 Å². The summed E-state index contributed by atoms with van der Waals surface area (Å²) >= 11 is 4.95. The van der Waals surface area contributed by atoms with Crippen LogP contribution in [0.25, 0.3) is 0 Å². The van der Waals surface area contributed by atoms with Gasteiger partial charge in [0.1, 0.15) is 0 Å². The number of rotatable bonds is 0. The fourth-order valence-corrected chi connectivity index (χ4v) is 2.01. The second kappa shape index (κ2) is 3.55. The monoisotopic (exact) mass is 337 g/mol. The maximum atomic E-state index is 3.41. The molecule has 1 aliphatic rings. The molecular formula is C5H9I2N. The second-order valence-electron chi connectivity index (χ2n) is 2.05. The number of nitrogens with one attached hydrogen (secondary N) is 1. The lowest BCUT2D eigenvalue weighted by Gasteiger charge is -2.21. The van der Waals surface area contributed by atoms with Crippen molar-refractivity contribution in [2.45, 2.75) is 20.8 Å². The highest BCUT2D eigenvalue weighted by atomic mass is 127. The van der Waals surface area contributed by atoms with Gasteiger partial charge in [0, 0.05) is 10.5 Å². The first-order valence-electron chi connectivity index (χ1n) is 2.80. The third-order valence-corrected chi connectivity index (χ3v) is 3.42. The van der Waals surface area contributed by atoms with Crippen LogP contribution in [0.15, 0.2) is 0 Å². The van der Waals surface area contributed by atoms with Crippen molar-refractivity contribution in [1.82, 2.24) is 5.32 Å². The SMILES string of the molecule is IC1CCC(I)NC1. The molecule has 48 valence electrons. The number of hydrogen-bond acceptors (Lipinski definition) is 1. The molecule has 0 radical (unpaired) electrons. The Bertz CT molecular complexity index is 58.8. The molecule has 1 saturated heterocycles. The largest absolute Gasteiger partial charge is 0.304 e. The van der Waals surface area contributed by atoms with Gasteiger partial charge >= 0.3 is 0 Å². The molecule has 1 rings (SSSR count). The van der Waals surface area contributed by atoms with Crippen LogP contribution in [0.3, 0.4) is 0 Å². The van der Waals surface area contributed by atoms with Crippen molar-refractivity contribution < 1.29 is 0 Å². The molecule has 0 aliphatic carbocycles. The minimum atomic E-state index is 0.735. The third kappa shape index (κ3) is 2.34. The Balaban J connectivity index is 2.19. The van der Waals surface area contributed by atoms with Crippen LogP contribution in [0.1, 0.15) is 12.8 Å². The Kier molecular flexibility index (Phi) is 3.34. The molecule has 8 heavy (non-hydrogen) atoms. The van der Waals surface area contributed by atoms with Crippen LogP contribution in [-0.4, -0.2) is 14.5 Å². The summed E-state index contributed by atoms with van der Waals surface area (Å²) < 4.78 is 1.61. The van der Waals surface area contributed by atoms with Crippen molar-refractivity contribution in [3.8, 4) is 0 Å². The molecule has 0 aromatic heterocycles. The molecule has 0 aromatic carbocycles. The maximum Gasteiger partial charge on any atom is 0.0594 e. The van der Waals surface area contributed by atoms with Crippen LogP contribution in [0.2, 0.25) is 0 Å². The van der Waals surface area contributed by atoms with Crippen LogP contribution in [0.5, 0.6) is 0 Å². The van der Waals surface area contributed by atoms with Gasteiger partial charge in [-0.3, -0.25) is 0 Å². The first kappa shape index (κ1) is 7.53. The van der Waals surface area contributed by atoms with E-state index in [1.54, 1.807) is 0 Å². The Morgan fingerprint density at radius 2 is 2.00 bits per heavy atom. The molecular weight excluding hydrogens is 328 g/mol. The fraction of sp³-hybridized carbons (Fsp3) is 1.00. The second-order valence-corrected chi connectivity index (χ2v) is 5.32. The average molecular weight is 337 g/mol. The van der Waals surface area contributed by atoms with Gasteiger partial charge in [0.2, 0.25) is 0 Å². The van der Waals surface area contributed by atoms with Crippen molar-refractivity contribution in [2.75, 3.05) is 6.54 Å². The van der Waals surface area contributed by atoms with E-state index in [1.807, 2.05) is 0 Å². The first-order chi connectivity index (χ1) is 3.79. The topological polar surface area (TPSA) is 12.0 Å². The smallest absolute Gasteiger partial charge is 0.0594 e. The van der Waals surface area contributed by atoms with Gasteiger partial charge in [-0.2, -0.15) is 0 Å². The summed E-state index contributed by atoms with van der Waals surface area (Å²) in [7, 11) is 0. The van der Waals surface area contributed by atoms with Gasteiger partial charge in [0.15, 0.2) is 0 Å². The van der Waals surface area contributed by atoms with Crippen molar-refractivity contribution in [3.05, 3.63) is 0 Å². The van der Waals surface area contributed by atoms with E-state index in [0.717, 1.165) is 7.97 Å². The molecule has 2 atom stereocenters. The predicted molar refractivity (Wildman–Crippen MR) is 52.9 cm³/mol. The van der Waals surface area contributed by atoms with Crippen molar-refractivity contribution in [2.24, 2.45) is 0 Å². The summed E-state index contributed by atoms with van der Waals surface area (Å²) in [5.74, 6) is 0. The Morgan fingerprint density at radius 1 is 1.25 bits per heavy atom. The van der Waals surface area contributed by atoms with E-state index in [-0.39, 0.29) is 0 Å². The molecule has 1 aliphatic heterocycles. The van der Waals surface area contributed by atoms with Gasteiger partial charge < -0.3 is 5.32 Å². The van der Waals surface area contributed by atoms with Crippen molar-refractivity contribution >= 4 is 45.2 Å². The quantitative estimate of drug-likeness (QED) is 0.405. The molecule has 1 heterocycles.